The number of nitrogens with zero attached hydrogens (tertiary/aromatic N) is 1. The summed E-state index contributed by atoms with van der Waals surface area (Å²) in [6.07, 6.45) is 5.81. The largest absolute Gasteiger partial charge is 0.444 e. The number of nitrogens with one attached hydrogen (secondary N) is 2. The molecule has 0 aromatic heterocycles. The van der Waals surface area contributed by atoms with Crippen LogP contribution in [0.1, 0.15) is 69.2 Å². The molecule has 2 unspecified atom stereocenters. The number of terminal acetylenes is 1. The van der Waals surface area contributed by atoms with Gasteiger partial charge in [0.05, 0.1) is 10.7 Å². The Labute approximate surface area is 239 Å². The first-order valence-corrected chi connectivity index (χ1v) is 13.4. The third-order valence-corrected chi connectivity index (χ3v) is 6.57. The number of para-hydroxylation sites is 1. The minimum Gasteiger partial charge on any atom is -0.444 e. The molecule has 4 N–H and O–H groups in total. The van der Waals surface area contributed by atoms with Crippen LogP contribution in [0, 0.1) is 19.3 Å². The fraction of sp³-hybridized carbons (Fsp3) is 0.400. The molecule has 40 heavy (non-hydrogen) atoms. The summed E-state index contributed by atoms with van der Waals surface area (Å²) in [5, 5.41) is 5.83. The van der Waals surface area contributed by atoms with Gasteiger partial charge in [0.25, 0.3) is 5.91 Å². The van der Waals surface area contributed by atoms with Crippen molar-refractivity contribution in [2.75, 3.05) is 5.32 Å². The smallest absolute Gasteiger partial charge is 0.408 e. The van der Waals surface area contributed by atoms with Crippen LogP contribution in [0.15, 0.2) is 42.5 Å². The zero-order chi connectivity index (χ0) is 29.6. The third-order valence-electron chi connectivity index (χ3n) is 6.25. The van der Waals surface area contributed by atoms with Gasteiger partial charge >= 0.3 is 6.09 Å². The average Bonchev–Trinajstić information content (AvgIpc) is 3.71. The van der Waals surface area contributed by atoms with E-state index in [1.54, 1.807) is 57.2 Å². The number of benzene rings is 2. The molecule has 1 fully saturated rings. The SMILES string of the molecule is C#Cc1ccc(C(C(=O)Nc2c(C)cccc2Cl)N(C(=O)C(CCC(N)=O)NC(=O)OC(C)(C)C)C2CC2)cc1. The highest BCUT2D eigenvalue weighted by Crippen LogP contribution is 2.37. The van der Waals surface area contributed by atoms with Gasteiger partial charge in [0.2, 0.25) is 11.8 Å². The normalized spacial score (nSPS) is 14.3. The molecule has 0 saturated heterocycles. The number of halogens is 1. The monoisotopic (exact) mass is 566 g/mol. The molecule has 0 spiro atoms. The van der Waals surface area contributed by atoms with Crippen molar-refractivity contribution in [3.05, 3.63) is 64.2 Å². The summed E-state index contributed by atoms with van der Waals surface area (Å²) >= 11 is 6.39. The molecule has 0 heterocycles. The topological polar surface area (TPSA) is 131 Å². The van der Waals surface area contributed by atoms with E-state index in [-0.39, 0.29) is 18.9 Å². The molecule has 0 aliphatic heterocycles. The molecule has 2 aromatic carbocycles. The maximum absolute atomic E-state index is 14.1. The maximum atomic E-state index is 14.1. The van der Waals surface area contributed by atoms with Gasteiger partial charge in [0.1, 0.15) is 17.7 Å². The number of anilines is 1. The number of nitrogens with two attached hydrogens (primary N) is 1. The molecule has 1 saturated carbocycles. The van der Waals surface area contributed by atoms with E-state index >= 15 is 0 Å². The minimum absolute atomic E-state index is 0.0649. The number of carbonyl (C=O) groups excluding carboxylic acids is 4. The van der Waals surface area contributed by atoms with Gasteiger partial charge in [-0.15, -0.1) is 6.42 Å². The molecule has 0 radical (unpaired) electrons. The first kappa shape index (κ1) is 30.5. The van der Waals surface area contributed by atoms with Crippen LogP contribution in [0.25, 0.3) is 0 Å². The number of aryl methyl sites for hydroxylation is 1. The second-order valence-electron chi connectivity index (χ2n) is 10.8. The Bertz CT molecular complexity index is 1290. The van der Waals surface area contributed by atoms with Gasteiger partial charge in [-0.1, -0.05) is 41.8 Å². The lowest BCUT2D eigenvalue weighted by molar-refractivity contribution is -0.141. The van der Waals surface area contributed by atoms with Crippen molar-refractivity contribution in [1.29, 1.82) is 0 Å². The minimum atomic E-state index is -1.16. The number of amides is 4. The molecule has 0 bridgehead atoms. The number of carbonyl (C=O) groups is 4. The molecular weight excluding hydrogens is 532 g/mol. The lowest BCUT2D eigenvalue weighted by Crippen LogP contribution is -2.53. The molecule has 212 valence electrons. The Morgan fingerprint density at radius 1 is 1.15 bits per heavy atom. The number of hydrogen-bond acceptors (Lipinski definition) is 5. The Balaban J connectivity index is 2.03. The first-order chi connectivity index (χ1) is 18.8. The Kier molecular flexibility index (Phi) is 9.83. The van der Waals surface area contributed by atoms with Crippen LogP contribution in [-0.4, -0.2) is 46.4 Å². The summed E-state index contributed by atoms with van der Waals surface area (Å²) in [4.78, 5) is 53.8. The molecule has 9 nitrogen and oxygen atoms in total. The second kappa shape index (κ2) is 12.9. The predicted molar refractivity (Wildman–Crippen MR) is 153 cm³/mol. The zero-order valence-corrected chi connectivity index (χ0v) is 23.9. The van der Waals surface area contributed by atoms with Crippen molar-refractivity contribution in [3.63, 3.8) is 0 Å². The quantitative estimate of drug-likeness (QED) is 0.365. The van der Waals surface area contributed by atoms with Crippen LogP contribution >= 0.6 is 11.6 Å². The van der Waals surface area contributed by atoms with E-state index in [9.17, 15) is 19.2 Å². The van der Waals surface area contributed by atoms with Crippen molar-refractivity contribution in [2.24, 2.45) is 5.73 Å². The molecule has 2 aromatic rings. The first-order valence-electron chi connectivity index (χ1n) is 13.0. The summed E-state index contributed by atoms with van der Waals surface area (Å²) in [7, 11) is 0. The summed E-state index contributed by atoms with van der Waals surface area (Å²) in [5.41, 5.74) is 6.86. The van der Waals surface area contributed by atoms with Crippen molar-refractivity contribution >= 4 is 41.1 Å². The van der Waals surface area contributed by atoms with Gasteiger partial charge in [-0.3, -0.25) is 14.4 Å². The van der Waals surface area contributed by atoms with E-state index in [2.05, 4.69) is 16.6 Å². The van der Waals surface area contributed by atoms with Crippen molar-refractivity contribution in [1.82, 2.24) is 10.2 Å². The summed E-state index contributed by atoms with van der Waals surface area (Å²) in [6.45, 7) is 6.90. The Morgan fingerprint density at radius 3 is 2.33 bits per heavy atom. The van der Waals surface area contributed by atoms with Gasteiger partial charge in [0, 0.05) is 18.0 Å². The lowest BCUT2D eigenvalue weighted by atomic mass is 9.99. The molecule has 10 heteroatoms. The fourth-order valence-corrected chi connectivity index (χ4v) is 4.50. The van der Waals surface area contributed by atoms with E-state index in [1.165, 1.54) is 4.90 Å². The number of ether oxygens (including phenoxy) is 1. The van der Waals surface area contributed by atoms with E-state index in [0.29, 0.717) is 34.7 Å². The van der Waals surface area contributed by atoms with E-state index in [0.717, 1.165) is 5.56 Å². The standard InChI is InChI=1S/C30H35ClN4O5/c1-6-19-10-12-20(13-11-19)26(27(37)34-25-18(2)8-7-9-22(25)31)35(21-14-15-21)28(38)23(16-17-24(32)36)33-29(39)40-30(3,4)5/h1,7-13,21,23,26H,14-17H2,2-5H3,(H2,32,36)(H,33,39)(H,34,37). The summed E-state index contributed by atoms with van der Waals surface area (Å²) in [6, 6.07) is 9.51. The third kappa shape index (κ3) is 8.23. The lowest BCUT2D eigenvalue weighted by Gasteiger charge is -2.35. The molecule has 3 rings (SSSR count). The van der Waals surface area contributed by atoms with Crippen LogP contribution in [-0.2, 0) is 19.1 Å². The van der Waals surface area contributed by atoms with Crippen LogP contribution in [0.3, 0.4) is 0 Å². The Morgan fingerprint density at radius 2 is 1.80 bits per heavy atom. The van der Waals surface area contributed by atoms with E-state index in [4.69, 9.17) is 28.5 Å². The highest BCUT2D eigenvalue weighted by molar-refractivity contribution is 6.34. The second-order valence-corrected chi connectivity index (χ2v) is 11.2. The predicted octanol–water partition coefficient (Wildman–Crippen LogP) is 4.46. The fourth-order valence-electron chi connectivity index (χ4n) is 4.23. The van der Waals surface area contributed by atoms with Crippen molar-refractivity contribution in [3.8, 4) is 12.3 Å². The van der Waals surface area contributed by atoms with Gasteiger partial charge < -0.3 is 26.0 Å². The molecular formula is C30H35ClN4O5. The number of alkyl carbamates (subject to hydrolysis) is 1. The summed E-state index contributed by atoms with van der Waals surface area (Å²) in [5.74, 6) is 0.891. The number of hydrogen-bond donors (Lipinski definition) is 3. The number of primary amides is 1. The van der Waals surface area contributed by atoms with Crippen LogP contribution in [0.4, 0.5) is 10.5 Å². The van der Waals surface area contributed by atoms with Crippen molar-refractivity contribution in [2.45, 2.75) is 77.1 Å². The Hall–Kier alpha value is -4.03. The van der Waals surface area contributed by atoms with E-state index < -0.39 is 41.5 Å². The van der Waals surface area contributed by atoms with Gasteiger partial charge in [-0.25, -0.2) is 4.79 Å². The highest BCUT2D eigenvalue weighted by atomic mass is 35.5. The summed E-state index contributed by atoms with van der Waals surface area (Å²) < 4.78 is 5.35. The number of rotatable bonds is 10. The zero-order valence-electron chi connectivity index (χ0n) is 23.1. The average molecular weight is 567 g/mol. The molecule has 1 aliphatic rings. The molecule has 4 amide bonds. The van der Waals surface area contributed by atoms with Crippen LogP contribution in [0.5, 0.6) is 0 Å². The molecule has 2 atom stereocenters. The van der Waals surface area contributed by atoms with Gasteiger partial charge in [0.15, 0.2) is 0 Å². The van der Waals surface area contributed by atoms with Gasteiger partial charge in [-0.05, 0) is 76.3 Å². The van der Waals surface area contributed by atoms with Gasteiger partial charge in [-0.2, -0.15) is 0 Å². The molecule has 1 aliphatic carbocycles. The van der Waals surface area contributed by atoms with Crippen LogP contribution in [0.2, 0.25) is 5.02 Å². The maximum Gasteiger partial charge on any atom is 0.408 e. The highest BCUT2D eigenvalue weighted by Gasteiger charge is 2.44. The van der Waals surface area contributed by atoms with Crippen LogP contribution < -0.4 is 16.4 Å². The van der Waals surface area contributed by atoms with Crippen molar-refractivity contribution < 1.29 is 23.9 Å². The van der Waals surface area contributed by atoms with E-state index in [1.807, 2.05) is 13.0 Å².